The molecule has 0 radical (unpaired) electrons. The number of nitrogens with zero attached hydrogens (tertiary/aromatic N) is 2. The van der Waals surface area contributed by atoms with Crippen LogP contribution in [0.2, 0.25) is 0 Å². The molecule has 2 aliphatic rings. The van der Waals surface area contributed by atoms with E-state index in [1.807, 2.05) is 4.90 Å². The molecular formula is C11H16N2O2. The Kier molecular flexibility index (Phi) is 3.22. The van der Waals surface area contributed by atoms with Crippen LogP contribution < -0.4 is 0 Å². The quantitative estimate of drug-likeness (QED) is 0.674. The van der Waals surface area contributed by atoms with Crippen LogP contribution in [0, 0.1) is 23.2 Å². The molecule has 0 aromatic heterocycles. The molecule has 0 N–H and O–H groups in total. The molecule has 4 heteroatoms. The maximum Gasteiger partial charge on any atom is 0.223 e. The number of carbonyl (C=O) groups excluding carboxylic acids is 1. The SMILES string of the molecule is N#CC1CCN(C(=O)CC2COC2)CC1. The van der Waals surface area contributed by atoms with Crippen LogP contribution in [0.25, 0.3) is 0 Å². The smallest absolute Gasteiger partial charge is 0.223 e. The van der Waals surface area contributed by atoms with Crippen LogP contribution in [0.4, 0.5) is 0 Å². The van der Waals surface area contributed by atoms with E-state index >= 15 is 0 Å². The molecule has 0 bridgehead atoms. The summed E-state index contributed by atoms with van der Waals surface area (Å²) in [5.41, 5.74) is 0. The number of nitriles is 1. The van der Waals surface area contributed by atoms with Crippen molar-refractivity contribution in [2.75, 3.05) is 26.3 Å². The van der Waals surface area contributed by atoms with Gasteiger partial charge in [0.25, 0.3) is 0 Å². The molecule has 2 rings (SSSR count). The van der Waals surface area contributed by atoms with Crippen LogP contribution >= 0.6 is 0 Å². The molecule has 0 saturated carbocycles. The Labute approximate surface area is 89.8 Å². The van der Waals surface area contributed by atoms with E-state index < -0.39 is 0 Å². The third-order valence-corrected chi connectivity index (χ3v) is 3.20. The van der Waals surface area contributed by atoms with Crippen molar-refractivity contribution in [3.63, 3.8) is 0 Å². The lowest BCUT2D eigenvalue weighted by molar-refractivity contribution is -0.137. The van der Waals surface area contributed by atoms with Crippen molar-refractivity contribution >= 4 is 5.91 Å². The Bertz CT molecular complexity index is 273. The molecule has 0 unspecified atom stereocenters. The van der Waals surface area contributed by atoms with E-state index in [0.29, 0.717) is 12.3 Å². The zero-order valence-corrected chi connectivity index (χ0v) is 8.82. The van der Waals surface area contributed by atoms with Gasteiger partial charge in [-0.3, -0.25) is 4.79 Å². The highest BCUT2D eigenvalue weighted by atomic mass is 16.5. The zero-order valence-electron chi connectivity index (χ0n) is 8.82. The van der Waals surface area contributed by atoms with Crippen LogP contribution in [0.3, 0.4) is 0 Å². The van der Waals surface area contributed by atoms with Crippen molar-refractivity contribution in [2.45, 2.75) is 19.3 Å². The van der Waals surface area contributed by atoms with Gasteiger partial charge in [-0.05, 0) is 12.8 Å². The first-order valence-electron chi connectivity index (χ1n) is 5.54. The van der Waals surface area contributed by atoms with Crippen LogP contribution in [0.1, 0.15) is 19.3 Å². The lowest BCUT2D eigenvalue weighted by Crippen LogP contribution is -2.41. The van der Waals surface area contributed by atoms with Gasteiger partial charge >= 0.3 is 0 Å². The van der Waals surface area contributed by atoms with Crippen molar-refractivity contribution in [1.29, 1.82) is 5.26 Å². The van der Waals surface area contributed by atoms with E-state index in [9.17, 15) is 4.79 Å². The molecule has 0 aliphatic carbocycles. The minimum absolute atomic E-state index is 0.154. The highest BCUT2D eigenvalue weighted by Gasteiger charge is 2.27. The third-order valence-electron chi connectivity index (χ3n) is 3.20. The van der Waals surface area contributed by atoms with Gasteiger partial charge in [0.2, 0.25) is 5.91 Å². The predicted molar refractivity (Wildman–Crippen MR) is 53.8 cm³/mol. The lowest BCUT2D eigenvalue weighted by atomic mass is 9.97. The number of hydrogen-bond donors (Lipinski definition) is 0. The van der Waals surface area contributed by atoms with Gasteiger partial charge < -0.3 is 9.64 Å². The molecule has 2 heterocycles. The highest BCUT2D eigenvalue weighted by molar-refractivity contribution is 5.76. The molecular weight excluding hydrogens is 192 g/mol. The van der Waals surface area contributed by atoms with Crippen LogP contribution in [-0.4, -0.2) is 37.1 Å². The van der Waals surface area contributed by atoms with Gasteiger partial charge in [-0.15, -0.1) is 0 Å². The molecule has 0 spiro atoms. The minimum Gasteiger partial charge on any atom is -0.381 e. The second-order valence-corrected chi connectivity index (χ2v) is 4.39. The summed E-state index contributed by atoms with van der Waals surface area (Å²) in [7, 11) is 0. The number of piperidine rings is 1. The van der Waals surface area contributed by atoms with Crippen LogP contribution in [0.15, 0.2) is 0 Å². The number of likely N-dealkylation sites (tertiary alicyclic amines) is 1. The largest absolute Gasteiger partial charge is 0.381 e. The molecule has 0 aromatic carbocycles. The minimum atomic E-state index is 0.154. The zero-order chi connectivity index (χ0) is 10.7. The third kappa shape index (κ3) is 2.48. The van der Waals surface area contributed by atoms with E-state index in [2.05, 4.69) is 6.07 Å². The van der Waals surface area contributed by atoms with Gasteiger partial charge in [0, 0.05) is 31.3 Å². The van der Waals surface area contributed by atoms with E-state index in [1.165, 1.54) is 0 Å². The monoisotopic (exact) mass is 208 g/mol. The molecule has 1 amide bonds. The number of rotatable bonds is 2. The number of carbonyl (C=O) groups is 1. The Morgan fingerprint density at radius 1 is 1.40 bits per heavy atom. The summed E-state index contributed by atoms with van der Waals surface area (Å²) >= 11 is 0. The highest BCUT2D eigenvalue weighted by Crippen LogP contribution is 2.20. The van der Waals surface area contributed by atoms with Crippen molar-refractivity contribution < 1.29 is 9.53 Å². The second kappa shape index (κ2) is 4.63. The summed E-state index contributed by atoms with van der Waals surface area (Å²) in [6.07, 6.45) is 2.30. The summed E-state index contributed by atoms with van der Waals surface area (Å²) in [4.78, 5) is 13.7. The Morgan fingerprint density at radius 2 is 2.07 bits per heavy atom. The number of hydrogen-bond acceptors (Lipinski definition) is 3. The average molecular weight is 208 g/mol. The summed E-state index contributed by atoms with van der Waals surface area (Å²) in [5, 5.41) is 8.74. The van der Waals surface area contributed by atoms with Crippen LogP contribution in [-0.2, 0) is 9.53 Å². The number of ether oxygens (including phenoxy) is 1. The summed E-state index contributed by atoms with van der Waals surface area (Å²) in [6.45, 7) is 2.98. The molecule has 82 valence electrons. The molecule has 2 fully saturated rings. The van der Waals surface area contributed by atoms with Gasteiger partial charge in [0.1, 0.15) is 0 Å². The fraction of sp³-hybridized carbons (Fsp3) is 0.818. The van der Waals surface area contributed by atoms with E-state index in [1.54, 1.807) is 0 Å². The predicted octanol–water partition coefficient (Wildman–Crippen LogP) is 0.785. The molecule has 0 atom stereocenters. The fourth-order valence-electron chi connectivity index (χ4n) is 2.04. The summed E-state index contributed by atoms with van der Waals surface area (Å²) < 4.78 is 5.04. The second-order valence-electron chi connectivity index (χ2n) is 4.39. The van der Waals surface area contributed by atoms with Gasteiger partial charge in [0.05, 0.1) is 19.3 Å². The molecule has 4 nitrogen and oxygen atoms in total. The summed E-state index contributed by atoms with van der Waals surface area (Å²) in [6, 6.07) is 2.27. The molecule has 15 heavy (non-hydrogen) atoms. The summed E-state index contributed by atoms with van der Waals surface area (Å²) in [5.74, 6) is 0.826. The average Bonchev–Trinajstić information content (AvgIpc) is 2.23. The van der Waals surface area contributed by atoms with Crippen molar-refractivity contribution in [2.24, 2.45) is 11.8 Å². The van der Waals surface area contributed by atoms with Gasteiger partial charge in [-0.1, -0.05) is 0 Å². The van der Waals surface area contributed by atoms with Crippen molar-refractivity contribution in [1.82, 2.24) is 4.90 Å². The van der Waals surface area contributed by atoms with Gasteiger partial charge in [0.15, 0.2) is 0 Å². The van der Waals surface area contributed by atoms with Crippen molar-refractivity contribution in [3.05, 3.63) is 0 Å². The lowest BCUT2D eigenvalue weighted by Gasteiger charge is -2.32. The first kappa shape index (κ1) is 10.4. The number of amides is 1. The molecule has 2 saturated heterocycles. The maximum atomic E-state index is 11.8. The standard InChI is InChI=1S/C11H16N2O2/c12-6-9-1-3-13(4-2-9)11(14)5-10-7-15-8-10/h9-10H,1-5,7-8H2. The van der Waals surface area contributed by atoms with E-state index in [0.717, 1.165) is 39.1 Å². The normalized spacial score (nSPS) is 23.3. The van der Waals surface area contributed by atoms with Crippen LogP contribution in [0.5, 0.6) is 0 Å². The van der Waals surface area contributed by atoms with Gasteiger partial charge in [-0.2, -0.15) is 5.26 Å². The van der Waals surface area contributed by atoms with E-state index in [4.69, 9.17) is 10.00 Å². The Morgan fingerprint density at radius 3 is 2.53 bits per heavy atom. The maximum absolute atomic E-state index is 11.8. The van der Waals surface area contributed by atoms with Crippen molar-refractivity contribution in [3.8, 4) is 6.07 Å². The first-order valence-corrected chi connectivity index (χ1v) is 5.54. The Hall–Kier alpha value is -1.08. The first-order chi connectivity index (χ1) is 7.29. The van der Waals surface area contributed by atoms with Gasteiger partial charge in [-0.25, -0.2) is 0 Å². The molecule has 2 aliphatic heterocycles. The fourth-order valence-corrected chi connectivity index (χ4v) is 2.04. The Balaban J connectivity index is 1.74. The van der Waals surface area contributed by atoms with E-state index in [-0.39, 0.29) is 11.8 Å². The topological polar surface area (TPSA) is 53.3 Å². The molecule has 0 aromatic rings.